The zero-order chi connectivity index (χ0) is 24.8. The summed E-state index contributed by atoms with van der Waals surface area (Å²) in [4.78, 5) is 29.8. The maximum atomic E-state index is 14.9. The van der Waals surface area contributed by atoms with Crippen LogP contribution >= 0.6 is 0 Å². The molecule has 2 aromatic carbocycles. The smallest absolute Gasteiger partial charge is 0.295 e. The zero-order valence-corrected chi connectivity index (χ0v) is 19.5. The Morgan fingerprint density at radius 2 is 1.83 bits per heavy atom. The van der Waals surface area contributed by atoms with E-state index in [1.165, 1.54) is 11.0 Å². The van der Waals surface area contributed by atoms with Gasteiger partial charge < -0.3 is 19.5 Å². The summed E-state index contributed by atoms with van der Waals surface area (Å²) in [6.07, 6.45) is 2.22. The van der Waals surface area contributed by atoms with E-state index in [4.69, 9.17) is 9.47 Å². The van der Waals surface area contributed by atoms with Crippen LogP contribution in [0.1, 0.15) is 23.6 Å². The summed E-state index contributed by atoms with van der Waals surface area (Å²) in [5.41, 5.74) is 0.389. The van der Waals surface area contributed by atoms with E-state index in [2.05, 4.69) is 11.5 Å². The van der Waals surface area contributed by atoms with Crippen LogP contribution in [0.15, 0.2) is 66.8 Å². The monoisotopic (exact) mass is 480 g/mol. The molecule has 7 nitrogen and oxygen atoms in total. The lowest BCUT2D eigenvalue weighted by Gasteiger charge is -2.29. The molecule has 1 N–H and O–H groups in total. The lowest BCUT2D eigenvalue weighted by atomic mass is 9.95. The lowest BCUT2D eigenvalue weighted by Crippen LogP contribution is -2.39. The van der Waals surface area contributed by atoms with Crippen molar-refractivity contribution in [1.29, 1.82) is 0 Å². The highest BCUT2D eigenvalue weighted by atomic mass is 19.1. The van der Waals surface area contributed by atoms with Gasteiger partial charge in [-0.05, 0) is 36.8 Å². The standard InChI is InChI=1S/C27H29FN2O5/c1-2-16-35-20-10-8-19(9-11-20)25(31)23-24(21-6-3-4-7-22(21)28)30(27(33)26(23)32)13-5-12-29-14-17-34-18-15-29/h2-4,6-11,24,31H,1,5,12-18H2/b25-23+/t24-/m1/s1. The van der Waals surface area contributed by atoms with Gasteiger partial charge in [0.05, 0.1) is 24.8 Å². The summed E-state index contributed by atoms with van der Waals surface area (Å²) < 4.78 is 25.7. The highest BCUT2D eigenvalue weighted by Crippen LogP contribution is 2.40. The van der Waals surface area contributed by atoms with Crippen molar-refractivity contribution in [2.45, 2.75) is 12.5 Å². The summed E-state index contributed by atoms with van der Waals surface area (Å²) in [6.45, 7) is 7.85. The number of likely N-dealkylation sites (tertiary alicyclic amines) is 1. The second-order valence-corrected chi connectivity index (χ2v) is 8.45. The normalized spacial score (nSPS) is 20.3. The maximum absolute atomic E-state index is 14.9. The van der Waals surface area contributed by atoms with Crippen LogP contribution in [-0.4, -0.2) is 72.6 Å². The van der Waals surface area contributed by atoms with Crippen LogP contribution in [0, 0.1) is 5.82 Å². The summed E-state index contributed by atoms with van der Waals surface area (Å²) in [5, 5.41) is 11.1. The highest BCUT2D eigenvalue weighted by molar-refractivity contribution is 6.46. The average molecular weight is 481 g/mol. The van der Waals surface area contributed by atoms with Gasteiger partial charge >= 0.3 is 0 Å². The molecule has 0 saturated carbocycles. The van der Waals surface area contributed by atoms with Crippen molar-refractivity contribution in [3.05, 3.63) is 83.7 Å². The first-order valence-electron chi connectivity index (χ1n) is 11.7. The number of morpholine rings is 1. The van der Waals surface area contributed by atoms with Crippen molar-refractivity contribution in [1.82, 2.24) is 9.80 Å². The third-order valence-corrected chi connectivity index (χ3v) is 6.21. The number of benzene rings is 2. The van der Waals surface area contributed by atoms with Crippen LogP contribution in [0.2, 0.25) is 0 Å². The number of ether oxygens (including phenoxy) is 2. The molecule has 0 aromatic heterocycles. The van der Waals surface area contributed by atoms with E-state index in [9.17, 15) is 19.1 Å². The summed E-state index contributed by atoms with van der Waals surface area (Å²) >= 11 is 0. The number of aliphatic hydroxyl groups is 1. The van der Waals surface area contributed by atoms with E-state index in [1.807, 2.05) is 0 Å². The molecule has 2 heterocycles. The Kier molecular flexibility index (Phi) is 7.94. The zero-order valence-electron chi connectivity index (χ0n) is 19.5. The summed E-state index contributed by atoms with van der Waals surface area (Å²) in [5.74, 6) is -1.89. The molecule has 184 valence electrons. The SMILES string of the molecule is C=CCOc1ccc(/C(O)=C2\C(=O)C(=O)N(CCCN3CCOCC3)[C@@H]2c2ccccc2F)cc1. The maximum Gasteiger partial charge on any atom is 0.295 e. The van der Waals surface area contributed by atoms with Crippen molar-refractivity contribution < 1.29 is 28.6 Å². The quantitative estimate of drug-likeness (QED) is 0.256. The molecule has 0 spiro atoms. The Hall–Kier alpha value is -3.49. The van der Waals surface area contributed by atoms with Crippen molar-refractivity contribution >= 4 is 17.4 Å². The average Bonchev–Trinajstić information content (AvgIpc) is 3.13. The highest BCUT2D eigenvalue weighted by Gasteiger charge is 2.46. The molecule has 4 rings (SSSR count). The fourth-order valence-corrected chi connectivity index (χ4v) is 4.44. The van der Waals surface area contributed by atoms with E-state index >= 15 is 0 Å². The molecule has 2 fully saturated rings. The number of Topliss-reactive ketones (excluding diaryl/α,β-unsaturated/α-hetero) is 1. The van der Waals surface area contributed by atoms with E-state index in [1.54, 1.807) is 48.5 Å². The number of carbonyl (C=O) groups excluding carboxylic acids is 2. The van der Waals surface area contributed by atoms with E-state index in [0.717, 1.165) is 19.6 Å². The molecular formula is C27H29FN2O5. The lowest BCUT2D eigenvalue weighted by molar-refractivity contribution is -0.140. The number of amides is 1. The van der Waals surface area contributed by atoms with E-state index in [-0.39, 0.29) is 23.4 Å². The summed E-state index contributed by atoms with van der Waals surface area (Å²) in [7, 11) is 0. The number of halogens is 1. The van der Waals surface area contributed by atoms with Crippen molar-refractivity contribution in [3.63, 3.8) is 0 Å². The number of aliphatic hydroxyl groups excluding tert-OH is 1. The van der Waals surface area contributed by atoms with Crippen molar-refractivity contribution in [2.75, 3.05) is 46.0 Å². The van der Waals surface area contributed by atoms with Gasteiger partial charge in [-0.1, -0.05) is 30.9 Å². The van der Waals surface area contributed by atoms with Crippen molar-refractivity contribution in [3.8, 4) is 5.75 Å². The Balaban J connectivity index is 1.65. The van der Waals surface area contributed by atoms with Gasteiger partial charge in [-0.3, -0.25) is 14.5 Å². The van der Waals surface area contributed by atoms with Gasteiger partial charge in [-0.2, -0.15) is 0 Å². The minimum atomic E-state index is -1.02. The molecule has 0 bridgehead atoms. The fraction of sp³-hybridized carbons (Fsp3) is 0.333. The van der Waals surface area contributed by atoms with Gasteiger partial charge in [-0.15, -0.1) is 0 Å². The number of ketones is 1. The van der Waals surface area contributed by atoms with Crippen LogP contribution < -0.4 is 4.74 Å². The first-order chi connectivity index (χ1) is 17.0. The first kappa shape index (κ1) is 24.6. The minimum absolute atomic E-state index is 0.119. The molecule has 1 atom stereocenters. The second-order valence-electron chi connectivity index (χ2n) is 8.45. The van der Waals surface area contributed by atoms with E-state index < -0.39 is 23.5 Å². The summed E-state index contributed by atoms with van der Waals surface area (Å²) in [6, 6.07) is 11.5. The van der Waals surface area contributed by atoms with Gasteiger partial charge in [-0.25, -0.2) is 4.39 Å². The van der Waals surface area contributed by atoms with Crippen LogP contribution in [-0.2, 0) is 14.3 Å². The van der Waals surface area contributed by atoms with Gasteiger partial charge in [0, 0.05) is 37.3 Å². The van der Waals surface area contributed by atoms with Crippen LogP contribution in [0.4, 0.5) is 4.39 Å². The molecule has 0 aliphatic carbocycles. The predicted octanol–water partition coefficient (Wildman–Crippen LogP) is 3.53. The number of carbonyl (C=O) groups is 2. The molecule has 35 heavy (non-hydrogen) atoms. The van der Waals surface area contributed by atoms with Crippen LogP contribution in [0.25, 0.3) is 5.76 Å². The second kappa shape index (κ2) is 11.3. The fourth-order valence-electron chi connectivity index (χ4n) is 4.44. The molecular weight excluding hydrogens is 451 g/mol. The molecule has 0 radical (unpaired) electrons. The molecule has 2 aromatic rings. The van der Waals surface area contributed by atoms with Gasteiger partial charge in [0.25, 0.3) is 11.7 Å². The predicted molar refractivity (Wildman–Crippen MR) is 129 cm³/mol. The van der Waals surface area contributed by atoms with E-state index in [0.29, 0.717) is 37.6 Å². The molecule has 1 amide bonds. The largest absolute Gasteiger partial charge is 0.507 e. The third kappa shape index (κ3) is 5.44. The Labute approximate surface area is 204 Å². The topological polar surface area (TPSA) is 79.3 Å². The van der Waals surface area contributed by atoms with Gasteiger partial charge in [0.15, 0.2) is 0 Å². The molecule has 2 saturated heterocycles. The first-order valence-corrected chi connectivity index (χ1v) is 11.7. The number of rotatable bonds is 9. The van der Waals surface area contributed by atoms with Crippen LogP contribution in [0.3, 0.4) is 0 Å². The molecule has 2 aliphatic rings. The number of nitrogens with zero attached hydrogens (tertiary/aromatic N) is 2. The number of hydrogen-bond acceptors (Lipinski definition) is 6. The van der Waals surface area contributed by atoms with Crippen molar-refractivity contribution in [2.24, 2.45) is 0 Å². The number of hydrogen-bond donors (Lipinski definition) is 1. The van der Waals surface area contributed by atoms with Crippen LogP contribution in [0.5, 0.6) is 5.75 Å². The Morgan fingerprint density at radius 1 is 1.11 bits per heavy atom. The Morgan fingerprint density at radius 3 is 2.51 bits per heavy atom. The van der Waals surface area contributed by atoms with Gasteiger partial charge in [0.1, 0.15) is 23.9 Å². The Bertz CT molecular complexity index is 1110. The molecule has 2 aliphatic heterocycles. The molecule has 0 unspecified atom stereocenters. The van der Waals surface area contributed by atoms with Gasteiger partial charge in [0.2, 0.25) is 0 Å². The third-order valence-electron chi connectivity index (χ3n) is 6.21. The minimum Gasteiger partial charge on any atom is -0.507 e. The molecule has 8 heteroatoms.